The van der Waals surface area contributed by atoms with Crippen LogP contribution < -0.4 is 0 Å². The molecule has 0 unspecified atom stereocenters. The van der Waals surface area contributed by atoms with E-state index >= 15 is 0 Å². The fourth-order valence-electron chi connectivity index (χ4n) is 2.07. The number of carbonyl (C=O) groups is 1. The minimum absolute atomic E-state index is 0.0291. The summed E-state index contributed by atoms with van der Waals surface area (Å²) in [7, 11) is 1.84. The zero-order valence-corrected chi connectivity index (χ0v) is 15.6. The number of thiazole rings is 2. The molecule has 0 fully saturated rings. The minimum atomic E-state index is -0.0291. The molecule has 0 radical (unpaired) electrons. The number of benzene rings is 1. The third kappa shape index (κ3) is 3.73. The van der Waals surface area contributed by atoms with Gasteiger partial charge in [-0.15, -0.1) is 22.7 Å². The van der Waals surface area contributed by atoms with Crippen molar-refractivity contribution in [2.45, 2.75) is 24.2 Å². The van der Waals surface area contributed by atoms with Crippen LogP contribution in [-0.4, -0.2) is 33.6 Å². The maximum atomic E-state index is 12.4. The zero-order valence-electron chi connectivity index (χ0n) is 13.1. The molecule has 1 aromatic carbocycles. The number of aryl methyl sites for hydroxylation is 1. The molecule has 120 valence electrons. The molecule has 23 heavy (non-hydrogen) atoms. The highest BCUT2D eigenvalue weighted by molar-refractivity contribution is 8.01. The van der Waals surface area contributed by atoms with Crippen LogP contribution in [0.5, 0.6) is 0 Å². The first-order valence-corrected chi connectivity index (χ1v) is 9.89. The van der Waals surface area contributed by atoms with Gasteiger partial charge >= 0.3 is 0 Å². The Morgan fingerprint density at radius 1 is 1.35 bits per heavy atom. The predicted molar refractivity (Wildman–Crippen MR) is 98.4 cm³/mol. The highest BCUT2D eigenvalue weighted by Crippen LogP contribution is 2.29. The number of hydrogen-bond acceptors (Lipinski definition) is 6. The van der Waals surface area contributed by atoms with Crippen LogP contribution in [-0.2, 0) is 4.79 Å². The van der Waals surface area contributed by atoms with Crippen LogP contribution in [0.3, 0.4) is 0 Å². The van der Waals surface area contributed by atoms with E-state index in [1.165, 1.54) is 11.8 Å². The van der Waals surface area contributed by atoms with Crippen molar-refractivity contribution in [2.75, 3.05) is 12.8 Å². The Morgan fingerprint density at radius 3 is 2.83 bits per heavy atom. The number of para-hydroxylation sites is 1. The summed E-state index contributed by atoms with van der Waals surface area (Å²) in [5, 5.41) is 2.97. The van der Waals surface area contributed by atoms with E-state index in [-0.39, 0.29) is 11.9 Å². The molecule has 0 spiro atoms. The lowest BCUT2D eigenvalue weighted by Crippen LogP contribution is -2.31. The fourth-order valence-corrected chi connectivity index (χ4v) is 4.91. The largest absolute Gasteiger partial charge is 0.336 e. The summed E-state index contributed by atoms with van der Waals surface area (Å²) in [5.41, 5.74) is 1.99. The normalized spacial score (nSPS) is 12.5. The summed E-state index contributed by atoms with van der Waals surface area (Å²) in [4.78, 5) is 23.2. The van der Waals surface area contributed by atoms with Crippen LogP contribution in [0.2, 0.25) is 0 Å². The van der Waals surface area contributed by atoms with Gasteiger partial charge in [-0.1, -0.05) is 23.9 Å². The lowest BCUT2D eigenvalue weighted by atomic mass is 10.3. The van der Waals surface area contributed by atoms with Crippen molar-refractivity contribution in [3.05, 3.63) is 40.3 Å². The molecule has 0 aliphatic heterocycles. The molecule has 0 saturated heterocycles. The van der Waals surface area contributed by atoms with Gasteiger partial charge in [-0.05, 0) is 26.0 Å². The number of nitrogens with zero attached hydrogens (tertiary/aromatic N) is 3. The summed E-state index contributed by atoms with van der Waals surface area (Å²) in [5.74, 6) is 0.494. The second kappa shape index (κ2) is 6.98. The maximum Gasteiger partial charge on any atom is 0.233 e. The second-order valence-electron chi connectivity index (χ2n) is 5.24. The van der Waals surface area contributed by atoms with Crippen LogP contribution in [0.1, 0.15) is 23.7 Å². The van der Waals surface area contributed by atoms with Crippen LogP contribution in [0.25, 0.3) is 10.2 Å². The van der Waals surface area contributed by atoms with Gasteiger partial charge in [0, 0.05) is 18.1 Å². The summed E-state index contributed by atoms with van der Waals surface area (Å²) in [6.45, 7) is 3.98. The average molecular weight is 364 g/mol. The van der Waals surface area contributed by atoms with Crippen LogP contribution in [0.4, 0.5) is 0 Å². The summed E-state index contributed by atoms with van der Waals surface area (Å²) in [6, 6.07) is 8.03. The molecule has 0 saturated carbocycles. The van der Waals surface area contributed by atoms with E-state index in [9.17, 15) is 4.79 Å². The van der Waals surface area contributed by atoms with Crippen molar-refractivity contribution in [1.82, 2.24) is 14.9 Å². The van der Waals surface area contributed by atoms with E-state index in [2.05, 4.69) is 16.0 Å². The van der Waals surface area contributed by atoms with Crippen molar-refractivity contribution in [2.24, 2.45) is 0 Å². The number of fused-ring (bicyclic) bond motifs is 1. The molecule has 3 aromatic rings. The molecule has 3 rings (SSSR count). The first kappa shape index (κ1) is 16.4. The van der Waals surface area contributed by atoms with Gasteiger partial charge in [-0.25, -0.2) is 9.97 Å². The Hall–Kier alpha value is -1.44. The molecule has 0 N–H and O–H groups in total. The first-order chi connectivity index (χ1) is 11.0. The Labute approximate surface area is 147 Å². The quantitative estimate of drug-likeness (QED) is 0.631. The van der Waals surface area contributed by atoms with E-state index in [0.29, 0.717) is 5.75 Å². The number of aromatic nitrogens is 2. The number of hydrogen-bond donors (Lipinski definition) is 0. The average Bonchev–Trinajstić information content (AvgIpc) is 3.16. The summed E-state index contributed by atoms with van der Waals surface area (Å²) >= 11 is 4.72. The van der Waals surface area contributed by atoms with Crippen LogP contribution in [0, 0.1) is 6.92 Å². The molecular formula is C16H17N3OS3. The molecule has 1 amide bonds. The van der Waals surface area contributed by atoms with E-state index in [1.54, 1.807) is 27.6 Å². The second-order valence-corrected chi connectivity index (χ2v) is 8.39. The van der Waals surface area contributed by atoms with E-state index in [1.807, 2.05) is 44.5 Å². The van der Waals surface area contributed by atoms with Gasteiger partial charge in [-0.2, -0.15) is 0 Å². The number of amides is 1. The SMILES string of the molecule is Cc1csc(SCC(=O)N(C)[C@H](C)c2nc3ccccc3s2)n1. The van der Waals surface area contributed by atoms with E-state index in [4.69, 9.17) is 0 Å². The Morgan fingerprint density at radius 2 is 2.13 bits per heavy atom. The van der Waals surface area contributed by atoms with Crippen LogP contribution in [0.15, 0.2) is 34.0 Å². The smallest absolute Gasteiger partial charge is 0.233 e. The van der Waals surface area contributed by atoms with Gasteiger partial charge in [0.25, 0.3) is 0 Å². The molecule has 1 atom stereocenters. The van der Waals surface area contributed by atoms with Crippen molar-refractivity contribution in [3.8, 4) is 0 Å². The molecule has 0 bridgehead atoms. The third-order valence-electron chi connectivity index (χ3n) is 3.56. The first-order valence-electron chi connectivity index (χ1n) is 7.20. The van der Waals surface area contributed by atoms with Gasteiger partial charge in [0.05, 0.1) is 22.0 Å². The highest BCUT2D eigenvalue weighted by atomic mass is 32.2. The van der Waals surface area contributed by atoms with E-state index in [0.717, 1.165) is 25.3 Å². The minimum Gasteiger partial charge on any atom is -0.336 e. The maximum absolute atomic E-state index is 12.4. The fraction of sp³-hybridized carbons (Fsp3) is 0.312. The number of rotatable bonds is 5. The lowest BCUT2D eigenvalue weighted by Gasteiger charge is -2.22. The Kier molecular flexibility index (Phi) is 4.99. The topological polar surface area (TPSA) is 46.1 Å². The number of thioether (sulfide) groups is 1. The molecular weight excluding hydrogens is 346 g/mol. The van der Waals surface area contributed by atoms with Gasteiger partial charge in [0.15, 0.2) is 4.34 Å². The Balaban J connectivity index is 1.65. The lowest BCUT2D eigenvalue weighted by molar-refractivity contribution is -0.128. The van der Waals surface area contributed by atoms with Gasteiger partial charge in [0.2, 0.25) is 5.91 Å². The molecule has 2 heterocycles. The zero-order chi connectivity index (χ0) is 16.4. The molecule has 7 heteroatoms. The van der Waals surface area contributed by atoms with Gasteiger partial charge < -0.3 is 4.90 Å². The summed E-state index contributed by atoms with van der Waals surface area (Å²) < 4.78 is 2.10. The standard InChI is InChI=1S/C16H17N3OS3/c1-10-8-21-16(17-10)22-9-14(20)19(3)11(2)15-18-12-6-4-5-7-13(12)23-15/h4-8,11H,9H2,1-3H3/t11-/m1/s1. The van der Waals surface area contributed by atoms with Crippen molar-refractivity contribution < 1.29 is 4.79 Å². The van der Waals surface area contributed by atoms with Crippen molar-refractivity contribution in [1.29, 1.82) is 0 Å². The summed E-state index contributed by atoms with van der Waals surface area (Å²) in [6.07, 6.45) is 0. The number of carbonyl (C=O) groups excluding carboxylic acids is 1. The predicted octanol–water partition coefficient (Wildman–Crippen LogP) is 4.37. The van der Waals surface area contributed by atoms with Crippen molar-refractivity contribution in [3.63, 3.8) is 0 Å². The monoisotopic (exact) mass is 363 g/mol. The van der Waals surface area contributed by atoms with E-state index < -0.39 is 0 Å². The molecule has 0 aliphatic carbocycles. The van der Waals surface area contributed by atoms with Crippen LogP contribution >= 0.6 is 34.4 Å². The molecule has 2 aromatic heterocycles. The van der Waals surface area contributed by atoms with Gasteiger partial charge in [-0.3, -0.25) is 4.79 Å². The highest BCUT2D eigenvalue weighted by Gasteiger charge is 2.21. The molecule has 4 nitrogen and oxygen atoms in total. The van der Waals surface area contributed by atoms with Crippen molar-refractivity contribution >= 4 is 50.6 Å². The Bertz CT molecular complexity index is 794. The third-order valence-corrected chi connectivity index (χ3v) is 6.89. The van der Waals surface area contributed by atoms with Gasteiger partial charge in [0.1, 0.15) is 5.01 Å². The molecule has 0 aliphatic rings.